The van der Waals surface area contributed by atoms with Gasteiger partial charge in [0.25, 0.3) is 0 Å². The minimum absolute atomic E-state index is 0.126. The number of rotatable bonds is 4. The van der Waals surface area contributed by atoms with Crippen molar-refractivity contribution in [3.8, 4) is 0 Å². The number of carboxylic acid groups (broad SMARTS) is 1. The van der Waals surface area contributed by atoms with Gasteiger partial charge in [0, 0.05) is 0 Å². The molecule has 0 spiro atoms. The lowest BCUT2D eigenvalue weighted by Crippen LogP contribution is -2.20. The van der Waals surface area contributed by atoms with Crippen LogP contribution in [0.5, 0.6) is 0 Å². The third-order valence-corrected chi connectivity index (χ3v) is 3.08. The number of halogens is 3. The van der Waals surface area contributed by atoms with Gasteiger partial charge >= 0.3 is 12.1 Å². The van der Waals surface area contributed by atoms with Gasteiger partial charge in [-0.15, -0.1) is 0 Å². The highest BCUT2D eigenvalue weighted by Gasteiger charge is 2.30. The largest absolute Gasteiger partial charge is 0.481 e. The first-order valence-electron chi connectivity index (χ1n) is 5.60. The van der Waals surface area contributed by atoms with Gasteiger partial charge in [-0.2, -0.15) is 13.2 Å². The second kappa shape index (κ2) is 5.42. The number of hydrogen-bond donors (Lipinski definition) is 1. The van der Waals surface area contributed by atoms with Crippen LogP contribution in [-0.4, -0.2) is 11.1 Å². The lowest BCUT2D eigenvalue weighted by Gasteiger charge is -2.16. The summed E-state index contributed by atoms with van der Waals surface area (Å²) >= 11 is 0. The Morgan fingerprint density at radius 2 is 1.72 bits per heavy atom. The third kappa shape index (κ3) is 3.75. The van der Waals surface area contributed by atoms with E-state index in [0.29, 0.717) is 12.0 Å². The normalized spacial score (nSPS) is 15.2. The zero-order chi connectivity index (χ0) is 13.9. The Labute approximate surface area is 103 Å². The van der Waals surface area contributed by atoms with Crippen molar-refractivity contribution >= 4 is 5.97 Å². The average molecular weight is 260 g/mol. The second-order valence-corrected chi connectivity index (χ2v) is 4.50. The van der Waals surface area contributed by atoms with Crippen LogP contribution in [0.15, 0.2) is 24.3 Å². The Bertz CT molecular complexity index is 409. The molecule has 2 atom stereocenters. The average Bonchev–Trinajstić information content (AvgIpc) is 2.27. The smallest absolute Gasteiger partial charge is 0.416 e. The molecule has 0 aliphatic carbocycles. The first kappa shape index (κ1) is 14.5. The Morgan fingerprint density at radius 1 is 1.22 bits per heavy atom. The molecule has 0 saturated heterocycles. The van der Waals surface area contributed by atoms with E-state index in [0.717, 1.165) is 12.1 Å². The summed E-state index contributed by atoms with van der Waals surface area (Å²) in [4.78, 5) is 10.8. The molecule has 2 nitrogen and oxygen atoms in total. The maximum Gasteiger partial charge on any atom is 0.416 e. The van der Waals surface area contributed by atoms with Crippen LogP contribution in [0.4, 0.5) is 13.2 Å². The molecular weight excluding hydrogens is 245 g/mol. The molecule has 0 aliphatic rings. The van der Waals surface area contributed by atoms with Gasteiger partial charge in [-0.25, -0.2) is 0 Å². The van der Waals surface area contributed by atoms with Crippen LogP contribution in [0.25, 0.3) is 0 Å². The van der Waals surface area contributed by atoms with Gasteiger partial charge in [-0.05, 0) is 30.0 Å². The molecule has 18 heavy (non-hydrogen) atoms. The molecule has 100 valence electrons. The van der Waals surface area contributed by atoms with Crippen molar-refractivity contribution in [2.75, 3.05) is 0 Å². The summed E-state index contributed by atoms with van der Waals surface area (Å²) in [7, 11) is 0. The van der Waals surface area contributed by atoms with E-state index in [1.807, 2.05) is 0 Å². The number of alkyl halides is 3. The maximum atomic E-state index is 12.3. The minimum atomic E-state index is -4.33. The summed E-state index contributed by atoms with van der Waals surface area (Å²) in [6, 6.07) is 4.84. The molecule has 0 bridgehead atoms. The van der Waals surface area contributed by atoms with Gasteiger partial charge in [0.05, 0.1) is 11.5 Å². The minimum Gasteiger partial charge on any atom is -0.481 e. The standard InChI is InChI=1S/C13H15F3O2/c1-8(9(2)12(17)18)7-10-3-5-11(6-4-10)13(14,15)16/h3-6,8-9H,7H2,1-2H3,(H,17,18). The van der Waals surface area contributed by atoms with Crippen molar-refractivity contribution in [2.45, 2.75) is 26.4 Å². The number of benzene rings is 1. The lowest BCUT2D eigenvalue weighted by atomic mass is 9.89. The van der Waals surface area contributed by atoms with Crippen LogP contribution in [0.2, 0.25) is 0 Å². The molecule has 0 amide bonds. The number of hydrogen-bond acceptors (Lipinski definition) is 1. The van der Waals surface area contributed by atoms with E-state index < -0.39 is 23.6 Å². The van der Waals surface area contributed by atoms with E-state index in [4.69, 9.17) is 5.11 Å². The fourth-order valence-electron chi connectivity index (χ4n) is 1.62. The van der Waals surface area contributed by atoms with E-state index in [-0.39, 0.29) is 5.92 Å². The van der Waals surface area contributed by atoms with Crippen molar-refractivity contribution < 1.29 is 23.1 Å². The Morgan fingerprint density at radius 3 is 2.11 bits per heavy atom. The molecule has 1 rings (SSSR count). The number of carbonyl (C=O) groups is 1. The summed E-state index contributed by atoms with van der Waals surface area (Å²) in [5, 5.41) is 8.83. The molecule has 0 aromatic heterocycles. The van der Waals surface area contributed by atoms with Crippen LogP contribution in [0.3, 0.4) is 0 Å². The predicted molar refractivity (Wildman–Crippen MR) is 61.1 cm³/mol. The molecule has 1 N–H and O–H groups in total. The third-order valence-electron chi connectivity index (χ3n) is 3.08. The van der Waals surface area contributed by atoms with E-state index >= 15 is 0 Å². The highest BCUT2D eigenvalue weighted by Crippen LogP contribution is 2.29. The van der Waals surface area contributed by atoms with Gasteiger partial charge in [0.1, 0.15) is 0 Å². The molecule has 1 aromatic rings. The monoisotopic (exact) mass is 260 g/mol. The maximum absolute atomic E-state index is 12.3. The Balaban J connectivity index is 2.73. The van der Waals surface area contributed by atoms with E-state index in [9.17, 15) is 18.0 Å². The summed E-state index contributed by atoms with van der Waals surface area (Å²) in [5.41, 5.74) is 0.0220. The van der Waals surface area contributed by atoms with Gasteiger partial charge in [-0.1, -0.05) is 26.0 Å². The summed E-state index contributed by atoms with van der Waals surface area (Å²) in [6.07, 6.45) is -3.88. The number of carboxylic acids is 1. The molecular formula is C13H15F3O2. The van der Waals surface area contributed by atoms with Crippen LogP contribution in [-0.2, 0) is 17.4 Å². The van der Waals surface area contributed by atoms with Crippen molar-refractivity contribution in [3.05, 3.63) is 35.4 Å². The van der Waals surface area contributed by atoms with Crippen molar-refractivity contribution in [1.82, 2.24) is 0 Å². The Kier molecular flexibility index (Phi) is 4.38. The van der Waals surface area contributed by atoms with Crippen LogP contribution < -0.4 is 0 Å². The molecule has 0 fully saturated rings. The predicted octanol–water partition coefficient (Wildman–Crippen LogP) is 3.60. The van der Waals surface area contributed by atoms with Crippen molar-refractivity contribution in [3.63, 3.8) is 0 Å². The fraction of sp³-hybridized carbons (Fsp3) is 0.462. The zero-order valence-corrected chi connectivity index (χ0v) is 10.2. The van der Waals surface area contributed by atoms with Gasteiger partial charge in [0.2, 0.25) is 0 Å². The lowest BCUT2D eigenvalue weighted by molar-refractivity contribution is -0.142. The molecule has 0 radical (unpaired) electrons. The van der Waals surface area contributed by atoms with E-state index in [2.05, 4.69) is 0 Å². The van der Waals surface area contributed by atoms with Crippen molar-refractivity contribution in [1.29, 1.82) is 0 Å². The van der Waals surface area contributed by atoms with Crippen molar-refractivity contribution in [2.24, 2.45) is 11.8 Å². The van der Waals surface area contributed by atoms with E-state index in [1.165, 1.54) is 12.1 Å². The molecule has 0 heterocycles. The topological polar surface area (TPSA) is 37.3 Å². The summed E-state index contributed by atoms with van der Waals surface area (Å²) < 4.78 is 37.0. The molecule has 0 saturated carbocycles. The highest BCUT2D eigenvalue weighted by atomic mass is 19.4. The second-order valence-electron chi connectivity index (χ2n) is 4.50. The molecule has 5 heteroatoms. The van der Waals surface area contributed by atoms with Crippen LogP contribution >= 0.6 is 0 Å². The first-order valence-corrected chi connectivity index (χ1v) is 5.60. The van der Waals surface area contributed by atoms with Gasteiger partial charge in [-0.3, -0.25) is 4.79 Å². The highest BCUT2D eigenvalue weighted by molar-refractivity contribution is 5.69. The van der Waals surface area contributed by atoms with Gasteiger partial charge < -0.3 is 5.11 Å². The molecule has 1 aromatic carbocycles. The SMILES string of the molecule is CC(Cc1ccc(C(F)(F)F)cc1)C(C)C(=O)O. The molecule has 0 aliphatic heterocycles. The number of aliphatic carboxylic acids is 1. The van der Waals surface area contributed by atoms with Crippen LogP contribution in [0.1, 0.15) is 25.0 Å². The van der Waals surface area contributed by atoms with Crippen LogP contribution in [0, 0.1) is 11.8 Å². The fourth-order valence-corrected chi connectivity index (χ4v) is 1.62. The van der Waals surface area contributed by atoms with Gasteiger partial charge in [0.15, 0.2) is 0 Å². The zero-order valence-electron chi connectivity index (χ0n) is 10.2. The summed E-state index contributed by atoms with van der Waals surface area (Å²) in [6.45, 7) is 3.37. The quantitative estimate of drug-likeness (QED) is 0.898. The first-order chi connectivity index (χ1) is 8.21. The molecule has 2 unspecified atom stereocenters. The summed E-state index contributed by atoms with van der Waals surface area (Å²) in [5.74, 6) is -1.54. The Hall–Kier alpha value is -1.52. The van der Waals surface area contributed by atoms with E-state index in [1.54, 1.807) is 13.8 Å².